The molecular weight excluding hydrogens is 376 g/mol. The van der Waals surface area contributed by atoms with Gasteiger partial charge in [-0.2, -0.15) is 0 Å². The van der Waals surface area contributed by atoms with Crippen molar-refractivity contribution in [3.63, 3.8) is 0 Å². The maximum atomic E-state index is 12.5. The zero-order valence-electron chi connectivity index (χ0n) is 17.7. The first kappa shape index (κ1) is 23.0. The van der Waals surface area contributed by atoms with Gasteiger partial charge in [0, 0.05) is 20.2 Å². The summed E-state index contributed by atoms with van der Waals surface area (Å²) < 4.78 is 21.6. The highest BCUT2D eigenvalue weighted by Gasteiger charge is 2.34. The van der Waals surface area contributed by atoms with E-state index in [4.69, 9.17) is 18.9 Å². The molecule has 2 amide bonds. The van der Waals surface area contributed by atoms with E-state index in [0.29, 0.717) is 26.2 Å². The Kier molecular flexibility index (Phi) is 8.72. The third-order valence-electron chi connectivity index (χ3n) is 4.33. The van der Waals surface area contributed by atoms with Crippen molar-refractivity contribution in [2.45, 2.75) is 51.5 Å². The summed E-state index contributed by atoms with van der Waals surface area (Å²) in [6.07, 6.45) is -0.622. The van der Waals surface area contributed by atoms with Crippen LogP contribution in [0.15, 0.2) is 30.3 Å². The average molecular weight is 408 g/mol. The van der Waals surface area contributed by atoms with Gasteiger partial charge in [-0.25, -0.2) is 9.59 Å². The second-order valence-electron chi connectivity index (χ2n) is 7.93. The quantitative estimate of drug-likeness (QED) is 0.698. The molecule has 1 heterocycles. The number of methoxy groups -OCH3 is 1. The first-order valence-electron chi connectivity index (χ1n) is 9.84. The summed E-state index contributed by atoms with van der Waals surface area (Å²) >= 11 is 0. The highest BCUT2D eigenvalue weighted by molar-refractivity contribution is 5.70. The van der Waals surface area contributed by atoms with Crippen LogP contribution in [0.25, 0.3) is 0 Å². The van der Waals surface area contributed by atoms with Crippen LogP contribution in [-0.2, 0) is 25.6 Å². The zero-order valence-corrected chi connectivity index (χ0v) is 17.7. The largest absolute Gasteiger partial charge is 0.445 e. The molecular formula is C21H32N2O6. The lowest BCUT2D eigenvalue weighted by Gasteiger charge is -2.38. The number of carbonyl (C=O) groups is 2. The maximum absolute atomic E-state index is 12.5. The number of nitrogens with zero attached hydrogens (tertiary/aromatic N) is 1. The number of carbonyl (C=O) groups excluding carboxylic acids is 2. The number of rotatable bonds is 7. The fraction of sp³-hybridized carbons (Fsp3) is 0.619. The molecule has 1 N–H and O–H groups in total. The van der Waals surface area contributed by atoms with Gasteiger partial charge in [-0.1, -0.05) is 30.3 Å². The van der Waals surface area contributed by atoms with E-state index in [1.807, 2.05) is 30.3 Å². The van der Waals surface area contributed by atoms with Crippen molar-refractivity contribution < 1.29 is 28.5 Å². The molecule has 0 saturated carbocycles. The van der Waals surface area contributed by atoms with Crippen LogP contribution in [0.3, 0.4) is 0 Å². The summed E-state index contributed by atoms with van der Waals surface area (Å²) in [5.41, 5.74) is 0.307. The number of amides is 2. The van der Waals surface area contributed by atoms with E-state index in [9.17, 15) is 9.59 Å². The van der Waals surface area contributed by atoms with Crippen LogP contribution in [0.5, 0.6) is 0 Å². The SMILES string of the molecule is COCCO[C@H]1CCN(C(=O)OCc2ccccc2)C[C@@H]1NC(=O)OC(C)(C)C. The Bertz CT molecular complexity index is 646. The number of hydrogen-bond acceptors (Lipinski definition) is 6. The summed E-state index contributed by atoms with van der Waals surface area (Å²) in [5.74, 6) is 0. The van der Waals surface area contributed by atoms with Crippen molar-refractivity contribution in [3.8, 4) is 0 Å². The molecule has 0 unspecified atom stereocenters. The van der Waals surface area contributed by atoms with Gasteiger partial charge in [0.05, 0.1) is 25.4 Å². The number of benzene rings is 1. The number of ether oxygens (including phenoxy) is 4. The standard InChI is InChI=1S/C21H32N2O6/c1-21(2,3)29-19(24)22-17-14-23(11-10-18(17)27-13-12-26-4)20(25)28-15-16-8-6-5-7-9-16/h5-9,17-18H,10-15H2,1-4H3,(H,22,24)/t17-,18-/m0/s1. The van der Waals surface area contributed by atoms with Gasteiger partial charge in [0.15, 0.2) is 0 Å². The van der Waals surface area contributed by atoms with E-state index in [2.05, 4.69) is 5.32 Å². The molecule has 8 heteroatoms. The summed E-state index contributed by atoms with van der Waals surface area (Å²) in [6, 6.07) is 9.10. The molecule has 8 nitrogen and oxygen atoms in total. The van der Waals surface area contributed by atoms with Gasteiger partial charge in [0.2, 0.25) is 0 Å². The molecule has 2 atom stereocenters. The van der Waals surface area contributed by atoms with Gasteiger partial charge in [-0.15, -0.1) is 0 Å². The molecule has 29 heavy (non-hydrogen) atoms. The number of nitrogens with one attached hydrogen (secondary N) is 1. The number of piperidine rings is 1. The van der Waals surface area contributed by atoms with Crippen molar-refractivity contribution >= 4 is 12.2 Å². The van der Waals surface area contributed by atoms with Crippen molar-refractivity contribution in [1.29, 1.82) is 0 Å². The minimum absolute atomic E-state index is 0.202. The molecule has 162 valence electrons. The summed E-state index contributed by atoms with van der Waals surface area (Å²) in [6.45, 7) is 7.23. The predicted octanol–water partition coefficient (Wildman–Crippen LogP) is 2.95. The maximum Gasteiger partial charge on any atom is 0.410 e. The monoisotopic (exact) mass is 408 g/mol. The Morgan fingerprint density at radius 1 is 1.17 bits per heavy atom. The van der Waals surface area contributed by atoms with Gasteiger partial charge in [0.1, 0.15) is 12.2 Å². The first-order chi connectivity index (χ1) is 13.8. The third-order valence-corrected chi connectivity index (χ3v) is 4.33. The molecule has 1 aromatic carbocycles. The number of alkyl carbamates (subject to hydrolysis) is 1. The van der Waals surface area contributed by atoms with Gasteiger partial charge in [-0.05, 0) is 32.8 Å². The Labute approximate surface area is 172 Å². The third kappa shape index (κ3) is 8.29. The molecule has 1 aliphatic rings. The van der Waals surface area contributed by atoms with Crippen LogP contribution < -0.4 is 5.32 Å². The lowest BCUT2D eigenvalue weighted by atomic mass is 10.0. The molecule has 1 aromatic rings. The van der Waals surface area contributed by atoms with Gasteiger partial charge < -0.3 is 29.2 Å². The zero-order chi connectivity index (χ0) is 21.3. The van der Waals surface area contributed by atoms with Gasteiger partial charge >= 0.3 is 12.2 Å². The fourth-order valence-electron chi connectivity index (χ4n) is 2.99. The number of likely N-dealkylation sites (tertiary alicyclic amines) is 1. The molecule has 1 fully saturated rings. The Hall–Kier alpha value is -2.32. The van der Waals surface area contributed by atoms with Gasteiger partial charge in [-0.3, -0.25) is 0 Å². The highest BCUT2D eigenvalue weighted by atomic mass is 16.6. The minimum atomic E-state index is -0.612. The molecule has 0 radical (unpaired) electrons. The highest BCUT2D eigenvalue weighted by Crippen LogP contribution is 2.17. The van der Waals surface area contributed by atoms with Crippen LogP contribution in [-0.4, -0.2) is 68.2 Å². The van der Waals surface area contributed by atoms with Crippen LogP contribution in [0.1, 0.15) is 32.8 Å². The Morgan fingerprint density at radius 3 is 2.55 bits per heavy atom. The molecule has 0 spiro atoms. The second-order valence-corrected chi connectivity index (χ2v) is 7.93. The lowest BCUT2D eigenvalue weighted by Crippen LogP contribution is -2.57. The van der Waals surface area contributed by atoms with Crippen LogP contribution in [0, 0.1) is 0 Å². The van der Waals surface area contributed by atoms with E-state index < -0.39 is 23.8 Å². The van der Waals surface area contributed by atoms with Crippen LogP contribution >= 0.6 is 0 Å². The van der Waals surface area contributed by atoms with Gasteiger partial charge in [0.25, 0.3) is 0 Å². The van der Waals surface area contributed by atoms with E-state index in [1.54, 1.807) is 32.8 Å². The summed E-state index contributed by atoms with van der Waals surface area (Å²) in [5, 5.41) is 2.83. The molecule has 2 rings (SSSR count). The molecule has 1 saturated heterocycles. The van der Waals surface area contributed by atoms with Crippen LogP contribution in [0.2, 0.25) is 0 Å². The average Bonchev–Trinajstić information content (AvgIpc) is 2.66. The van der Waals surface area contributed by atoms with E-state index in [1.165, 1.54) is 0 Å². The molecule has 1 aliphatic heterocycles. The summed E-state index contributed by atoms with van der Waals surface area (Å²) in [7, 11) is 1.60. The van der Waals surface area contributed by atoms with Crippen molar-refractivity contribution in [2.24, 2.45) is 0 Å². The normalized spacial score (nSPS) is 19.5. The van der Waals surface area contributed by atoms with Crippen molar-refractivity contribution in [1.82, 2.24) is 10.2 Å². The molecule has 0 aliphatic carbocycles. The minimum Gasteiger partial charge on any atom is -0.445 e. The Balaban J connectivity index is 1.94. The van der Waals surface area contributed by atoms with Crippen LogP contribution in [0.4, 0.5) is 9.59 Å². The first-order valence-corrected chi connectivity index (χ1v) is 9.84. The number of hydrogen-bond donors (Lipinski definition) is 1. The predicted molar refractivity (Wildman–Crippen MR) is 108 cm³/mol. The Morgan fingerprint density at radius 2 is 1.90 bits per heavy atom. The topological polar surface area (TPSA) is 86.3 Å². The molecule has 0 aromatic heterocycles. The second kappa shape index (κ2) is 11.0. The van der Waals surface area contributed by atoms with E-state index in [0.717, 1.165) is 5.56 Å². The fourth-order valence-corrected chi connectivity index (χ4v) is 2.99. The van der Waals surface area contributed by atoms with Crippen molar-refractivity contribution in [2.75, 3.05) is 33.4 Å². The van der Waals surface area contributed by atoms with E-state index >= 15 is 0 Å². The lowest BCUT2D eigenvalue weighted by molar-refractivity contribution is -0.0360. The van der Waals surface area contributed by atoms with Crippen molar-refractivity contribution in [3.05, 3.63) is 35.9 Å². The summed E-state index contributed by atoms with van der Waals surface area (Å²) in [4.78, 5) is 26.3. The smallest absolute Gasteiger partial charge is 0.410 e. The van der Waals surface area contributed by atoms with E-state index in [-0.39, 0.29) is 19.3 Å². The molecule has 0 bridgehead atoms.